The predicted octanol–water partition coefficient (Wildman–Crippen LogP) is 2.77. The Hall–Kier alpha value is -1.16. The lowest BCUT2D eigenvalue weighted by atomic mass is 10.2. The molecule has 1 unspecified atom stereocenters. The molecule has 0 spiro atoms. The first kappa shape index (κ1) is 12.3. The zero-order valence-electron chi connectivity index (χ0n) is 10.9. The van der Waals surface area contributed by atoms with Crippen LogP contribution in [0.3, 0.4) is 0 Å². The maximum atomic E-state index is 5.64. The van der Waals surface area contributed by atoms with Crippen LogP contribution in [0.15, 0.2) is 0 Å². The molecule has 0 aliphatic carbocycles. The lowest BCUT2D eigenvalue weighted by Crippen LogP contribution is -2.11. The Kier molecular flexibility index (Phi) is 3.94. The third-order valence-electron chi connectivity index (χ3n) is 3.17. The first-order valence-electron chi connectivity index (χ1n) is 6.43. The summed E-state index contributed by atoms with van der Waals surface area (Å²) in [7, 11) is 0. The van der Waals surface area contributed by atoms with E-state index in [2.05, 4.69) is 29.1 Å². The smallest absolute Gasteiger partial charge is 0.159 e. The van der Waals surface area contributed by atoms with Gasteiger partial charge >= 0.3 is 0 Å². The van der Waals surface area contributed by atoms with Crippen molar-refractivity contribution < 1.29 is 4.74 Å². The summed E-state index contributed by atoms with van der Waals surface area (Å²) >= 11 is 0. The van der Waals surface area contributed by atoms with Gasteiger partial charge < -0.3 is 10.1 Å². The fraction of sp³-hybridized carbons (Fsp3) is 0.692. The Balaban J connectivity index is 2.24. The van der Waals surface area contributed by atoms with Gasteiger partial charge in [-0.15, -0.1) is 0 Å². The molecule has 0 aromatic carbocycles. The minimum atomic E-state index is 0.0940. The van der Waals surface area contributed by atoms with Crippen LogP contribution < -0.4 is 5.32 Å². The van der Waals surface area contributed by atoms with E-state index in [-0.39, 0.29) is 6.10 Å². The van der Waals surface area contributed by atoms with Crippen LogP contribution in [0.2, 0.25) is 0 Å². The molecule has 1 N–H and O–H groups in total. The molecule has 1 fully saturated rings. The number of nitrogens with zero attached hydrogens (tertiary/aromatic N) is 2. The summed E-state index contributed by atoms with van der Waals surface area (Å²) in [5.41, 5.74) is 2.18. The van der Waals surface area contributed by atoms with Gasteiger partial charge in [0.05, 0.1) is 0 Å². The van der Waals surface area contributed by atoms with Crippen LogP contribution in [-0.4, -0.2) is 23.1 Å². The highest BCUT2D eigenvalue weighted by molar-refractivity contribution is 5.45. The van der Waals surface area contributed by atoms with Gasteiger partial charge in [0.1, 0.15) is 11.9 Å². The second-order valence-electron chi connectivity index (χ2n) is 4.57. The quantitative estimate of drug-likeness (QED) is 0.871. The Morgan fingerprint density at radius 3 is 2.82 bits per heavy atom. The van der Waals surface area contributed by atoms with Gasteiger partial charge in [-0.3, -0.25) is 0 Å². The van der Waals surface area contributed by atoms with E-state index in [1.807, 2.05) is 6.92 Å². The Bertz CT molecular complexity index is 386. The molecule has 0 amide bonds. The van der Waals surface area contributed by atoms with E-state index in [1.165, 1.54) is 0 Å². The fourth-order valence-electron chi connectivity index (χ4n) is 1.99. The van der Waals surface area contributed by atoms with Crippen LogP contribution in [0, 0.1) is 13.8 Å². The van der Waals surface area contributed by atoms with Gasteiger partial charge in [0.15, 0.2) is 5.82 Å². The summed E-state index contributed by atoms with van der Waals surface area (Å²) in [6, 6.07) is 0. The van der Waals surface area contributed by atoms with Gasteiger partial charge in [-0.05, 0) is 33.1 Å². The van der Waals surface area contributed by atoms with Crippen LogP contribution in [0.25, 0.3) is 0 Å². The molecule has 94 valence electrons. The molecule has 0 radical (unpaired) electrons. The van der Waals surface area contributed by atoms with Gasteiger partial charge in [0.2, 0.25) is 0 Å². The molecular weight excluding hydrogens is 214 g/mol. The zero-order chi connectivity index (χ0) is 12.3. The van der Waals surface area contributed by atoms with Crippen molar-refractivity contribution >= 4 is 5.82 Å². The maximum Gasteiger partial charge on any atom is 0.159 e. The Morgan fingerprint density at radius 1 is 1.35 bits per heavy atom. The predicted molar refractivity (Wildman–Crippen MR) is 68.2 cm³/mol. The van der Waals surface area contributed by atoms with Crippen molar-refractivity contribution in [2.75, 3.05) is 18.5 Å². The molecule has 1 aromatic rings. The van der Waals surface area contributed by atoms with Crippen LogP contribution in [0.4, 0.5) is 5.82 Å². The maximum absolute atomic E-state index is 5.64. The van der Waals surface area contributed by atoms with Gasteiger partial charge in [0.25, 0.3) is 0 Å². The van der Waals surface area contributed by atoms with Crippen molar-refractivity contribution in [2.45, 2.75) is 46.1 Å². The van der Waals surface area contributed by atoms with E-state index in [9.17, 15) is 0 Å². The molecular formula is C13H21N3O. The molecule has 4 nitrogen and oxygen atoms in total. The molecule has 2 heterocycles. The normalized spacial score (nSPS) is 19.6. The molecule has 1 saturated heterocycles. The van der Waals surface area contributed by atoms with Crippen molar-refractivity contribution in [3.63, 3.8) is 0 Å². The van der Waals surface area contributed by atoms with Crippen LogP contribution >= 0.6 is 0 Å². The third-order valence-corrected chi connectivity index (χ3v) is 3.17. The molecule has 0 bridgehead atoms. The minimum absolute atomic E-state index is 0.0940. The van der Waals surface area contributed by atoms with Gasteiger partial charge in [-0.2, -0.15) is 0 Å². The lowest BCUT2D eigenvalue weighted by Gasteiger charge is -2.14. The van der Waals surface area contributed by atoms with E-state index in [0.717, 1.165) is 55.3 Å². The SMILES string of the molecule is CCCNc1nc(C2CCCO2)nc(C)c1C. The number of ether oxygens (including phenoxy) is 1. The number of nitrogens with one attached hydrogen (secondary N) is 1. The topological polar surface area (TPSA) is 47.0 Å². The molecule has 4 heteroatoms. The van der Waals surface area contributed by atoms with Gasteiger partial charge in [-0.25, -0.2) is 9.97 Å². The number of aromatic nitrogens is 2. The van der Waals surface area contributed by atoms with Gasteiger partial charge in [-0.1, -0.05) is 6.92 Å². The van der Waals surface area contributed by atoms with E-state index < -0.39 is 0 Å². The number of rotatable bonds is 4. The molecule has 17 heavy (non-hydrogen) atoms. The first-order valence-corrected chi connectivity index (χ1v) is 6.43. The minimum Gasteiger partial charge on any atom is -0.370 e. The second-order valence-corrected chi connectivity index (χ2v) is 4.57. The number of anilines is 1. The van der Waals surface area contributed by atoms with Crippen LogP contribution in [0.1, 0.15) is 49.4 Å². The van der Waals surface area contributed by atoms with Crippen molar-refractivity contribution in [3.05, 3.63) is 17.1 Å². The second kappa shape index (κ2) is 5.45. The van der Waals surface area contributed by atoms with E-state index in [0.29, 0.717) is 0 Å². The summed E-state index contributed by atoms with van der Waals surface area (Å²) in [6.45, 7) is 8.03. The lowest BCUT2D eigenvalue weighted by molar-refractivity contribution is 0.105. The first-order chi connectivity index (χ1) is 8.22. The van der Waals surface area contributed by atoms with Gasteiger partial charge in [0, 0.05) is 24.4 Å². The average Bonchev–Trinajstić information content (AvgIpc) is 2.84. The summed E-state index contributed by atoms with van der Waals surface area (Å²) < 4.78 is 5.64. The van der Waals surface area contributed by atoms with Crippen molar-refractivity contribution in [1.29, 1.82) is 0 Å². The number of hydrogen-bond donors (Lipinski definition) is 1. The molecule has 0 saturated carbocycles. The molecule has 1 atom stereocenters. The van der Waals surface area contributed by atoms with E-state index in [1.54, 1.807) is 0 Å². The van der Waals surface area contributed by atoms with Crippen LogP contribution in [0.5, 0.6) is 0 Å². The van der Waals surface area contributed by atoms with Crippen LogP contribution in [-0.2, 0) is 4.74 Å². The average molecular weight is 235 g/mol. The van der Waals surface area contributed by atoms with Crippen molar-refractivity contribution in [1.82, 2.24) is 9.97 Å². The monoisotopic (exact) mass is 235 g/mol. The molecule has 1 aromatic heterocycles. The largest absolute Gasteiger partial charge is 0.370 e. The fourth-order valence-corrected chi connectivity index (χ4v) is 1.99. The molecule has 1 aliphatic heterocycles. The number of aryl methyl sites for hydroxylation is 1. The summed E-state index contributed by atoms with van der Waals surface area (Å²) in [4.78, 5) is 9.15. The summed E-state index contributed by atoms with van der Waals surface area (Å²) in [6.07, 6.45) is 3.34. The standard InChI is InChI=1S/C13H21N3O/c1-4-7-14-12-9(2)10(3)15-13(16-12)11-6-5-8-17-11/h11H,4-8H2,1-3H3,(H,14,15,16). The summed E-state index contributed by atoms with van der Waals surface area (Å²) in [5, 5.41) is 3.36. The highest BCUT2D eigenvalue weighted by atomic mass is 16.5. The summed E-state index contributed by atoms with van der Waals surface area (Å²) in [5.74, 6) is 1.80. The highest BCUT2D eigenvalue weighted by Crippen LogP contribution is 2.28. The van der Waals surface area contributed by atoms with E-state index >= 15 is 0 Å². The Morgan fingerprint density at radius 2 is 2.18 bits per heavy atom. The molecule has 1 aliphatic rings. The van der Waals surface area contributed by atoms with Crippen molar-refractivity contribution in [2.24, 2.45) is 0 Å². The number of hydrogen-bond acceptors (Lipinski definition) is 4. The van der Waals surface area contributed by atoms with E-state index in [4.69, 9.17) is 4.74 Å². The zero-order valence-corrected chi connectivity index (χ0v) is 10.9. The van der Waals surface area contributed by atoms with Crippen molar-refractivity contribution in [3.8, 4) is 0 Å². The Labute approximate surface area is 103 Å². The molecule has 2 rings (SSSR count). The third kappa shape index (κ3) is 2.75. The highest BCUT2D eigenvalue weighted by Gasteiger charge is 2.22.